The maximum absolute atomic E-state index is 12.7. The molecule has 1 fully saturated rings. The van der Waals surface area contributed by atoms with Crippen LogP contribution in [0.5, 0.6) is 0 Å². The third kappa shape index (κ3) is 5.53. The summed E-state index contributed by atoms with van der Waals surface area (Å²) in [6.07, 6.45) is -2.10. The third-order valence-corrected chi connectivity index (χ3v) is 16.2. The number of ether oxygens (including phenoxy) is 1. The molecular weight excluding hydrogens is 444 g/mol. The van der Waals surface area contributed by atoms with E-state index in [-0.39, 0.29) is 10.1 Å². The second kappa shape index (κ2) is 8.96. The van der Waals surface area contributed by atoms with Crippen LogP contribution in [0.3, 0.4) is 0 Å². The Morgan fingerprint density at radius 2 is 1.47 bits per heavy atom. The molecule has 2 N–H and O–H groups in total. The van der Waals surface area contributed by atoms with E-state index in [1.165, 1.54) is 16.8 Å². The molecule has 8 nitrogen and oxygen atoms in total. The van der Waals surface area contributed by atoms with Crippen LogP contribution in [-0.2, 0) is 13.6 Å². The molecule has 0 spiro atoms. The summed E-state index contributed by atoms with van der Waals surface area (Å²) in [5, 5.41) is 10.4. The number of aromatic amines is 1. The van der Waals surface area contributed by atoms with Gasteiger partial charge in [0.15, 0.2) is 22.9 Å². The Hall–Kier alpha value is -1.05. The Morgan fingerprint density at radius 1 is 1.00 bits per heavy atom. The Bertz CT molecular complexity index is 910. The molecule has 5 atom stereocenters. The van der Waals surface area contributed by atoms with Crippen LogP contribution >= 0.6 is 0 Å². The van der Waals surface area contributed by atoms with Gasteiger partial charge in [0.25, 0.3) is 5.56 Å². The molecule has 0 radical (unpaired) electrons. The van der Waals surface area contributed by atoms with Crippen molar-refractivity contribution < 1.29 is 18.7 Å². The topological polar surface area (TPSA) is 103 Å². The van der Waals surface area contributed by atoms with E-state index in [1.54, 1.807) is 6.92 Å². The fraction of sp³-hybridized carbons (Fsp3) is 0.818. The van der Waals surface area contributed by atoms with Crippen LogP contribution in [0.15, 0.2) is 21.9 Å². The molecule has 0 bridgehead atoms. The molecule has 0 aliphatic carbocycles. The molecule has 1 aromatic rings. The summed E-state index contributed by atoms with van der Waals surface area (Å²) in [7, 11) is -4.59. The average Bonchev–Trinajstić information content (AvgIpc) is 2.90. The Morgan fingerprint density at radius 3 is 1.88 bits per heavy atom. The highest BCUT2D eigenvalue weighted by atomic mass is 28.4. The molecule has 2 rings (SSSR count). The van der Waals surface area contributed by atoms with Crippen LogP contribution < -0.4 is 11.2 Å². The van der Waals surface area contributed by atoms with Crippen LogP contribution in [0.25, 0.3) is 0 Å². The van der Waals surface area contributed by atoms with Crippen LogP contribution in [-0.4, -0.2) is 55.7 Å². The van der Waals surface area contributed by atoms with Crippen molar-refractivity contribution in [2.24, 2.45) is 0 Å². The number of nitrogens with zero attached hydrogens (tertiary/aromatic N) is 1. The molecule has 0 aromatic carbocycles. The summed E-state index contributed by atoms with van der Waals surface area (Å²) in [4.78, 5) is 26.6. The molecule has 1 aliphatic heterocycles. The first-order valence-electron chi connectivity index (χ1n) is 11.3. The maximum Gasteiger partial charge on any atom is 0.330 e. The third-order valence-electron chi connectivity index (χ3n) is 7.30. The van der Waals surface area contributed by atoms with E-state index in [0.29, 0.717) is 0 Å². The first-order valence-corrected chi connectivity index (χ1v) is 17.1. The second-order valence-corrected chi connectivity index (χ2v) is 21.4. The van der Waals surface area contributed by atoms with E-state index in [0.717, 1.165) is 0 Å². The highest BCUT2D eigenvalue weighted by Crippen LogP contribution is 2.45. The molecular formula is C22H42N2O6Si2. The molecule has 184 valence electrons. The van der Waals surface area contributed by atoms with E-state index >= 15 is 0 Å². The van der Waals surface area contributed by atoms with E-state index in [1.807, 2.05) is 0 Å². The fourth-order valence-electron chi connectivity index (χ4n) is 3.20. The monoisotopic (exact) mass is 486 g/mol. The lowest BCUT2D eigenvalue weighted by molar-refractivity contribution is -0.0787. The molecule has 0 amide bonds. The standard InChI is InChI=1S/C22H42N2O6Si2/c1-14(25)16-17(29-31(8,9)21(2,3)4)18(30-32(10,11)22(5,6)7)19(28-16)24-13-12-15(26)23-20(24)27/h12-14,16-19,25H,1-11H3,(H,23,26,27)/t14-,16+,17?,18?,19+/m0/s1. The summed E-state index contributed by atoms with van der Waals surface area (Å²) in [6, 6.07) is 1.29. The molecule has 32 heavy (non-hydrogen) atoms. The zero-order chi connectivity index (χ0) is 24.9. The normalized spacial score (nSPS) is 26.4. The predicted octanol–water partition coefficient (Wildman–Crippen LogP) is 3.60. The molecule has 1 aliphatic rings. The molecule has 2 heterocycles. The van der Waals surface area contributed by atoms with E-state index < -0.39 is 58.5 Å². The van der Waals surface area contributed by atoms with Gasteiger partial charge in [-0.3, -0.25) is 14.3 Å². The second-order valence-electron chi connectivity index (χ2n) is 11.9. The number of aliphatic hydroxyl groups is 1. The van der Waals surface area contributed by atoms with Gasteiger partial charge in [-0.2, -0.15) is 0 Å². The van der Waals surface area contributed by atoms with Crippen LogP contribution in [0.4, 0.5) is 0 Å². The van der Waals surface area contributed by atoms with Gasteiger partial charge in [0.2, 0.25) is 0 Å². The molecule has 2 unspecified atom stereocenters. The quantitative estimate of drug-likeness (QED) is 0.596. The van der Waals surface area contributed by atoms with Crippen molar-refractivity contribution in [1.29, 1.82) is 0 Å². The van der Waals surface area contributed by atoms with Gasteiger partial charge in [0, 0.05) is 12.3 Å². The average molecular weight is 487 g/mol. The van der Waals surface area contributed by atoms with Crippen molar-refractivity contribution >= 4 is 16.6 Å². The van der Waals surface area contributed by atoms with Gasteiger partial charge >= 0.3 is 5.69 Å². The van der Waals surface area contributed by atoms with E-state index in [9.17, 15) is 14.7 Å². The van der Waals surface area contributed by atoms with Crippen molar-refractivity contribution in [2.75, 3.05) is 0 Å². The number of hydrogen-bond acceptors (Lipinski definition) is 6. The van der Waals surface area contributed by atoms with Crippen LogP contribution in [0, 0.1) is 0 Å². The summed E-state index contributed by atoms with van der Waals surface area (Å²) in [5.41, 5.74) is -1.06. The molecule has 10 heteroatoms. The number of H-pyrrole nitrogens is 1. The minimum absolute atomic E-state index is 0.0648. The zero-order valence-corrected chi connectivity index (χ0v) is 23.5. The number of aromatic nitrogens is 2. The zero-order valence-electron chi connectivity index (χ0n) is 21.5. The summed E-state index contributed by atoms with van der Waals surface area (Å²) in [6.45, 7) is 23.1. The van der Waals surface area contributed by atoms with Crippen molar-refractivity contribution in [3.8, 4) is 0 Å². The highest BCUT2D eigenvalue weighted by Gasteiger charge is 2.55. The number of rotatable bonds is 6. The number of nitrogens with one attached hydrogen (secondary N) is 1. The van der Waals surface area contributed by atoms with Crippen molar-refractivity contribution in [1.82, 2.24) is 9.55 Å². The highest BCUT2D eigenvalue weighted by molar-refractivity contribution is 6.74. The van der Waals surface area contributed by atoms with Gasteiger partial charge in [-0.1, -0.05) is 41.5 Å². The lowest BCUT2D eigenvalue weighted by Gasteiger charge is -2.44. The smallest absolute Gasteiger partial charge is 0.330 e. The van der Waals surface area contributed by atoms with Gasteiger partial charge < -0.3 is 18.7 Å². The van der Waals surface area contributed by atoms with E-state index in [2.05, 4.69) is 72.7 Å². The number of aliphatic hydroxyl groups excluding tert-OH is 1. The molecule has 0 saturated carbocycles. The predicted molar refractivity (Wildman–Crippen MR) is 131 cm³/mol. The summed E-state index contributed by atoms with van der Waals surface area (Å²) < 4.78 is 21.2. The van der Waals surface area contributed by atoms with Gasteiger partial charge in [-0.15, -0.1) is 0 Å². The van der Waals surface area contributed by atoms with Gasteiger partial charge in [-0.25, -0.2) is 4.79 Å². The number of hydrogen-bond donors (Lipinski definition) is 2. The Balaban J connectivity index is 2.62. The minimum Gasteiger partial charge on any atom is -0.408 e. The summed E-state index contributed by atoms with van der Waals surface area (Å²) >= 11 is 0. The van der Waals surface area contributed by atoms with Crippen molar-refractivity contribution in [3.05, 3.63) is 33.1 Å². The lowest BCUT2D eigenvalue weighted by Crippen LogP contribution is -2.55. The van der Waals surface area contributed by atoms with E-state index in [4.69, 9.17) is 13.6 Å². The Labute approximate surface area is 193 Å². The van der Waals surface area contributed by atoms with Gasteiger partial charge in [-0.05, 0) is 43.2 Å². The first kappa shape index (κ1) is 27.2. The maximum atomic E-state index is 12.7. The molecule has 1 saturated heterocycles. The Kier molecular flexibility index (Phi) is 7.61. The van der Waals surface area contributed by atoms with Crippen molar-refractivity contribution in [3.63, 3.8) is 0 Å². The van der Waals surface area contributed by atoms with Gasteiger partial charge in [0.05, 0.1) is 6.10 Å². The van der Waals surface area contributed by atoms with Crippen LogP contribution in [0.2, 0.25) is 36.3 Å². The SMILES string of the molecule is C[C@H](O)[C@H]1O[C@@H](n2ccc(=O)[nH]c2=O)C(O[Si](C)(C)C(C)(C)C)C1O[Si](C)(C)C(C)(C)C. The lowest BCUT2D eigenvalue weighted by atomic mass is 10.1. The molecule has 1 aromatic heterocycles. The summed E-state index contributed by atoms with van der Waals surface area (Å²) in [5.74, 6) is 0. The van der Waals surface area contributed by atoms with Crippen LogP contribution in [0.1, 0.15) is 54.7 Å². The van der Waals surface area contributed by atoms with Crippen molar-refractivity contribution in [2.45, 2.75) is 115 Å². The minimum atomic E-state index is -2.31. The van der Waals surface area contributed by atoms with Gasteiger partial charge in [0.1, 0.15) is 18.3 Å². The fourth-order valence-corrected chi connectivity index (χ4v) is 5.78. The largest absolute Gasteiger partial charge is 0.408 e. The first-order chi connectivity index (χ1) is 14.3.